The summed E-state index contributed by atoms with van der Waals surface area (Å²) in [7, 11) is 6.37. The lowest BCUT2D eigenvalue weighted by molar-refractivity contribution is -0.121. The monoisotopic (exact) mass is 268 g/mol. The van der Waals surface area contributed by atoms with Crippen molar-refractivity contribution in [2.45, 2.75) is 12.8 Å². The molecule has 2 N–H and O–H groups in total. The molecule has 0 fully saturated rings. The minimum Gasteiger partial charge on any atom is -0.496 e. The molecule has 19 heavy (non-hydrogen) atoms. The van der Waals surface area contributed by atoms with Gasteiger partial charge in [0.25, 0.3) is 0 Å². The minimum atomic E-state index is -0.0950. The SMILES string of the molecule is CNNC(=O)CCc1c(OC)cc(OC)cc1OC. The first-order valence-electron chi connectivity index (χ1n) is 5.90. The van der Waals surface area contributed by atoms with Crippen LogP contribution in [0, 0.1) is 0 Å². The average Bonchev–Trinajstić information content (AvgIpc) is 2.44. The Morgan fingerprint density at radius 1 is 1.11 bits per heavy atom. The van der Waals surface area contributed by atoms with Crippen LogP contribution in [-0.4, -0.2) is 34.3 Å². The van der Waals surface area contributed by atoms with E-state index in [1.807, 2.05) is 0 Å². The molecule has 0 heterocycles. The van der Waals surface area contributed by atoms with E-state index in [1.165, 1.54) is 0 Å². The summed E-state index contributed by atoms with van der Waals surface area (Å²) >= 11 is 0. The third-order valence-electron chi connectivity index (χ3n) is 2.68. The summed E-state index contributed by atoms with van der Waals surface area (Å²) in [6.45, 7) is 0. The van der Waals surface area contributed by atoms with Crippen LogP contribution in [0.3, 0.4) is 0 Å². The lowest BCUT2D eigenvalue weighted by atomic mass is 10.1. The van der Waals surface area contributed by atoms with Gasteiger partial charge in [0.1, 0.15) is 17.2 Å². The topological polar surface area (TPSA) is 68.8 Å². The number of carbonyl (C=O) groups is 1. The van der Waals surface area contributed by atoms with Gasteiger partial charge < -0.3 is 14.2 Å². The Balaban J connectivity index is 2.94. The molecule has 0 aliphatic rings. The molecule has 0 saturated heterocycles. The van der Waals surface area contributed by atoms with Crippen molar-refractivity contribution in [2.24, 2.45) is 0 Å². The van der Waals surface area contributed by atoms with Crippen molar-refractivity contribution in [3.05, 3.63) is 17.7 Å². The van der Waals surface area contributed by atoms with Crippen molar-refractivity contribution >= 4 is 5.91 Å². The second kappa shape index (κ2) is 7.48. The van der Waals surface area contributed by atoms with E-state index in [0.29, 0.717) is 30.1 Å². The second-order valence-corrected chi connectivity index (χ2v) is 3.81. The maximum Gasteiger partial charge on any atom is 0.234 e. The first-order chi connectivity index (χ1) is 9.15. The highest BCUT2D eigenvalue weighted by Crippen LogP contribution is 2.34. The molecule has 106 valence electrons. The van der Waals surface area contributed by atoms with Crippen LogP contribution in [0.1, 0.15) is 12.0 Å². The summed E-state index contributed by atoms with van der Waals surface area (Å²) < 4.78 is 15.8. The van der Waals surface area contributed by atoms with Crippen LogP contribution in [0.5, 0.6) is 17.2 Å². The van der Waals surface area contributed by atoms with Gasteiger partial charge >= 0.3 is 0 Å². The molecule has 0 aliphatic carbocycles. The van der Waals surface area contributed by atoms with Crippen molar-refractivity contribution in [3.8, 4) is 17.2 Å². The zero-order valence-corrected chi connectivity index (χ0v) is 11.7. The van der Waals surface area contributed by atoms with Crippen molar-refractivity contribution in [1.82, 2.24) is 10.9 Å². The van der Waals surface area contributed by atoms with E-state index in [0.717, 1.165) is 5.56 Å². The summed E-state index contributed by atoms with van der Waals surface area (Å²) in [4.78, 5) is 11.5. The largest absolute Gasteiger partial charge is 0.496 e. The molecule has 0 unspecified atom stereocenters. The van der Waals surface area contributed by atoms with Crippen LogP contribution >= 0.6 is 0 Å². The molecular formula is C13H20N2O4. The summed E-state index contributed by atoms with van der Waals surface area (Å²) in [5.74, 6) is 1.85. The Morgan fingerprint density at radius 2 is 1.68 bits per heavy atom. The molecular weight excluding hydrogens is 248 g/mol. The molecule has 1 amide bonds. The Hall–Kier alpha value is -1.95. The smallest absolute Gasteiger partial charge is 0.234 e. The molecule has 0 saturated carbocycles. The van der Waals surface area contributed by atoms with E-state index in [4.69, 9.17) is 14.2 Å². The predicted octanol–water partition coefficient (Wildman–Crippen LogP) is 0.896. The maximum absolute atomic E-state index is 11.5. The summed E-state index contributed by atoms with van der Waals surface area (Å²) in [6.07, 6.45) is 0.851. The first-order valence-corrected chi connectivity index (χ1v) is 5.90. The van der Waals surface area contributed by atoms with Crippen LogP contribution < -0.4 is 25.1 Å². The van der Waals surface area contributed by atoms with Gasteiger partial charge in [0.15, 0.2) is 0 Å². The number of methoxy groups -OCH3 is 3. The number of amides is 1. The van der Waals surface area contributed by atoms with Gasteiger partial charge in [-0.3, -0.25) is 10.2 Å². The lowest BCUT2D eigenvalue weighted by Gasteiger charge is -2.14. The van der Waals surface area contributed by atoms with E-state index >= 15 is 0 Å². The Morgan fingerprint density at radius 3 is 2.11 bits per heavy atom. The molecule has 1 rings (SSSR count). The van der Waals surface area contributed by atoms with Gasteiger partial charge in [-0.25, -0.2) is 5.43 Å². The lowest BCUT2D eigenvalue weighted by Crippen LogP contribution is -2.34. The fraction of sp³-hybridized carbons (Fsp3) is 0.462. The molecule has 1 aromatic carbocycles. The summed E-state index contributed by atoms with van der Waals surface area (Å²) in [5.41, 5.74) is 5.96. The predicted molar refractivity (Wildman–Crippen MR) is 71.6 cm³/mol. The fourth-order valence-corrected chi connectivity index (χ4v) is 1.76. The van der Waals surface area contributed by atoms with E-state index in [2.05, 4.69) is 10.9 Å². The van der Waals surface area contributed by atoms with Gasteiger partial charge in [-0.05, 0) is 6.42 Å². The van der Waals surface area contributed by atoms with Gasteiger partial charge in [-0.2, -0.15) is 0 Å². The van der Waals surface area contributed by atoms with Crippen LogP contribution in [0.2, 0.25) is 0 Å². The highest BCUT2D eigenvalue weighted by Gasteiger charge is 2.14. The molecule has 0 bridgehead atoms. The van der Waals surface area contributed by atoms with Crippen molar-refractivity contribution in [2.75, 3.05) is 28.4 Å². The third-order valence-corrected chi connectivity index (χ3v) is 2.68. The van der Waals surface area contributed by atoms with Crippen LogP contribution in [0.4, 0.5) is 0 Å². The fourth-order valence-electron chi connectivity index (χ4n) is 1.76. The number of nitrogens with one attached hydrogen (secondary N) is 2. The number of hydrogen-bond donors (Lipinski definition) is 2. The van der Waals surface area contributed by atoms with Crippen LogP contribution in [0.15, 0.2) is 12.1 Å². The van der Waals surface area contributed by atoms with Gasteiger partial charge in [0, 0.05) is 31.2 Å². The number of hydrogen-bond acceptors (Lipinski definition) is 5. The quantitative estimate of drug-likeness (QED) is 0.719. The highest BCUT2D eigenvalue weighted by atomic mass is 16.5. The number of benzene rings is 1. The normalized spacial score (nSPS) is 9.89. The molecule has 6 nitrogen and oxygen atoms in total. The Bertz CT molecular complexity index is 410. The van der Waals surface area contributed by atoms with Gasteiger partial charge in [0.2, 0.25) is 5.91 Å². The average molecular weight is 268 g/mol. The standard InChI is InChI=1S/C13H20N2O4/c1-14-15-13(16)6-5-10-11(18-3)7-9(17-2)8-12(10)19-4/h7-8,14H,5-6H2,1-4H3,(H,15,16). The minimum absolute atomic E-state index is 0.0950. The van der Waals surface area contributed by atoms with Crippen LogP contribution in [0.25, 0.3) is 0 Å². The van der Waals surface area contributed by atoms with Crippen LogP contribution in [-0.2, 0) is 11.2 Å². The molecule has 6 heteroatoms. The van der Waals surface area contributed by atoms with Crippen molar-refractivity contribution in [1.29, 1.82) is 0 Å². The van der Waals surface area contributed by atoms with Crippen molar-refractivity contribution < 1.29 is 19.0 Å². The first kappa shape index (κ1) is 15.1. The molecule has 0 atom stereocenters. The summed E-state index contributed by atoms with van der Waals surface area (Å²) in [6, 6.07) is 3.54. The zero-order valence-electron chi connectivity index (χ0n) is 11.7. The number of carbonyl (C=O) groups excluding carboxylic acids is 1. The van der Waals surface area contributed by atoms with Gasteiger partial charge in [-0.1, -0.05) is 0 Å². The zero-order chi connectivity index (χ0) is 14.3. The van der Waals surface area contributed by atoms with Gasteiger partial charge in [0.05, 0.1) is 21.3 Å². The summed E-state index contributed by atoms with van der Waals surface area (Å²) in [5, 5.41) is 0. The number of ether oxygens (including phenoxy) is 3. The van der Waals surface area contributed by atoms with E-state index in [-0.39, 0.29) is 5.91 Å². The molecule has 0 aromatic heterocycles. The highest BCUT2D eigenvalue weighted by molar-refractivity contribution is 5.76. The molecule has 1 aromatic rings. The van der Waals surface area contributed by atoms with E-state index < -0.39 is 0 Å². The van der Waals surface area contributed by atoms with Gasteiger partial charge in [-0.15, -0.1) is 0 Å². The third kappa shape index (κ3) is 4.03. The molecule has 0 radical (unpaired) electrons. The number of rotatable bonds is 7. The van der Waals surface area contributed by atoms with Crippen molar-refractivity contribution in [3.63, 3.8) is 0 Å². The molecule has 0 spiro atoms. The Kier molecular flexibility index (Phi) is 5.95. The van der Waals surface area contributed by atoms with E-state index in [1.54, 1.807) is 40.5 Å². The maximum atomic E-state index is 11.5. The second-order valence-electron chi connectivity index (χ2n) is 3.81. The molecule has 0 aliphatic heterocycles. The van der Waals surface area contributed by atoms with E-state index in [9.17, 15) is 4.79 Å². The number of hydrazine groups is 1. The Labute approximate surface area is 113 Å².